The molecule has 0 spiro atoms. The summed E-state index contributed by atoms with van der Waals surface area (Å²) in [6.07, 6.45) is 1.95. The third-order valence-corrected chi connectivity index (χ3v) is 7.20. The van der Waals surface area contributed by atoms with Crippen molar-refractivity contribution in [3.8, 4) is 0 Å². The second-order valence-corrected chi connectivity index (χ2v) is 9.97. The van der Waals surface area contributed by atoms with Gasteiger partial charge in [-0.3, -0.25) is 19.6 Å². The van der Waals surface area contributed by atoms with E-state index < -0.39 is 20.9 Å². The predicted octanol–water partition coefficient (Wildman–Crippen LogP) is 3.59. The fourth-order valence-electron chi connectivity index (χ4n) is 2.91. The fraction of sp³-hybridized carbons (Fsp3) is 0.250. The summed E-state index contributed by atoms with van der Waals surface area (Å²) in [5, 5.41) is 22.4. The summed E-state index contributed by atoms with van der Waals surface area (Å²) in [5.74, 6) is -0.587. The summed E-state index contributed by atoms with van der Waals surface area (Å²) in [5.41, 5.74) is 1.10. The molecule has 0 radical (unpaired) electrons. The number of aromatic nitrogens is 3. The van der Waals surface area contributed by atoms with Crippen LogP contribution in [0.2, 0.25) is 0 Å². The molecule has 2 N–H and O–H groups in total. The van der Waals surface area contributed by atoms with Crippen LogP contribution >= 0.6 is 11.8 Å². The number of nitrogens with zero attached hydrogens (tertiary/aromatic N) is 4. The Morgan fingerprint density at radius 2 is 1.97 bits per heavy atom. The first kappa shape index (κ1) is 24.2. The minimum atomic E-state index is -3.50. The van der Waals surface area contributed by atoms with Gasteiger partial charge in [0.2, 0.25) is 10.0 Å². The van der Waals surface area contributed by atoms with E-state index >= 15 is 0 Å². The molecule has 0 aliphatic carbocycles. The third-order valence-electron chi connectivity index (χ3n) is 4.61. The number of carbonyl (C=O) groups excluding carboxylic acids is 1. The first-order valence-electron chi connectivity index (χ1n) is 9.83. The number of carbonyl (C=O) groups is 1. The molecule has 0 aliphatic heterocycles. The van der Waals surface area contributed by atoms with Crippen molar-refractivity contribution in [2.75, 3.05) is 15.8 Å². The molecular formula is C20H22N6O5S2. The highest BCUT2D eigenvalue weighted by Crippen LogP contribution is 2.34. The van der Waals surface area contributed by atoms with Crippen LogP contribution in [-0.4, -0.2) is 39.8 Å². The zero-order chi connectivity index (χ0) is 24.2. The number of benzene rings is 2. The number of amides is 1. The van der Waals surface area contributed by atoms with Crippen LogP contribution in [0.5, 0.6) is 0 Å². The van der Waals surface area contributed by atoms with E-state index in [0.29, 0.717) is 33.4 Å². The summed E-state index contributed by atoms with van der Waals surface area (Å²) in [6.45, 7) is 3.43. The van der Waals surface area contributed by atoms with Crippen molar-refractivity contribution in [3.63, 3.8) is 0 Å². The molecule has 0 bridgehead atoms. The van der Waals surface area contributed by atoms with Crippen molar-refractivity contribution < 1.29 is 18.1 Å². The molecule has 0 fully saturated rings. The van der Waals surface area contributed by atoms with Crippen LogP contribution in [0.15, 0.2) is 52.8 Å². The van der Waals surface area contributed by atoms with Gasteiger partial charge < -0.3 is 9.88 Å². The van der Waals surface area contributed by atoms with Gasteiger partial charge in [-0.25, -0.2) is 8.42 Å². The lowest BCUT2D eigenvalue weighted by Crippen LogP contribution is -2.18. The summed E-state index contributed by atoms with van der Waals surface area (Å²) >= 11 is 1.06. The number of sulfonamides is 1. The summed E-state index contributed by atoms with van der Waals surface area (Å²) in [7, 11) is -1.78. The minimum Gasteiger partial charge on any atom is -0.322 e. The number of hydrogen-bond acceptors (Lipinski definition) is 8. The van der Waals surface area contributed by atoms with Gasteiger partial charge in [-0.15, -0.1) is 10.2 Å². The average Bonchev–Trinajstić information content (AvgIpc) is 3.15. The van der Waals surface area contributed by atoms with E-state index in [-0.39, 0.29) is 17.0 Å². The van der Waals surface area contributed by atoms with Crippen molar-refractivity contribution in [1.82, 2.24) is 14.8 Å². The van der Waals surface area contributed by atoms with Gasteiger partial charge in [-0.05, 0) is 54.9 Å². The Balaban J connectivity index is 1.84. The predicted molar refractivity (Wildman–Crippen MR) is 125 cm³/mol. The van der Waals surface area contributed by atoms with Gasteiger partial charge in [0, 0.05) is 24.4 Å². The van der Waals surface area contributed by atoms with Crippen LogP contribution in [0, 0.1) is 17.0 Å². The molecule has 1 aromatic heterocycles. The highest BCUT2D eigenvalue weighted by atomic mass is 32.2. The van der Waals surface area contributed by atoms with Crippen LogP contribution in [0.1, 0.15) is 29.3 Å². The summed E-state index contributed by atoms with van der Waals surface area (Å²) in [6, 6.07) is 8.98. The molecular weight excluding hydrogens is 468 g/mol. The number of nitro benzene ring substituents is 1. The second-order valence-electron chi connectivity index (χ2n) is 7.12. The maximum Gasteiger partial charge on any atom is 0.284 e. The molecule has 3 aromatic rings. The van der Waals surface area contributed by atoms with E-state index in [1.54, 1.807) is 43.7 Å². The maximum absolute atomic E-state index is 12.8. The highest BCUT2D eigenvalue weighted by Gasteiger charge is 2.21. The number of rotatable bonds is 9. The number of hydrogen-bond donors (Lipinski definition) is 2. The van der Waals surface area contributed by atoms with Crippen molar-refractivity contribution in [2.45, 2.75) is 30.3 Å². The normalized spacial score (nSPS) is 11.2. The van der Waals surface area contributed by atoms with E-state index in [0.717, 1.165) is 11.8 Å². The van der Waals surface area contributed by atoms with Crippen molar-refractivity contribution in [1.29, 1.82) is 0 Å². The summed E-state index contributed by atoms with van der Waals surface area (Å²) < 4.78 is 28.3. The van der Waals surface area contributed by atoms with Crippen LogP contribution in [0.4, 0.5) is 17.1 Å². The van der Waals surface area contributed by atoms with Gasteiger partial charge >= 0.3 is 0 Å². The Bertz CT molecular complexity index is 1310. The van der Waals surface area contributed by atoms with E-state index in [2.05, 4.69) is 20.2 Å². The topological polar surface area (TPSA) is 149 Å². The largest absolute Gasteiger partial charge is 0.322 e. The van der Waals surface area contributed by atoms with Gasteiger partial charge in [-0.1, -0.05) is 13.0 Å². The van der Waals surface area contributed by atoms with Crippen LogP contribution in [-0.2, 0) is 17.1 Å². The molecule has 0 aliphatic rings. The molecule has 0 saturated heterocycles. The standard InChI is InChI=1S/C20H22N6O5S2/c1-4-10-33(30,31)24-16-7-5-6-15(13(16)2)22-19(27)14-8-9-18(17(11-14)26(28)29)32-20-23-21-12-25(20)3/h5-9,11-12,24H,4,10H2,1-3H3,(H,22,27). The molecule has 0 unspecified atom stereocenters. The highest BCUT2D eigenvalue weighted by molar-refractivity contribution is 7.99. The zero-order valence-electron chi connectivity index (χ0n) is 18.1. The third kappa shape index (κ3) is 5.87. The molecule has 0 atom stereocenters. The molecule has 11 nitrogen and oxygen atoms in total. The van der Waals surface area contributed by atoms with Gasteiger partial charge in [0.25, 0.3) is 11.6 Å². The first-order valence-corrected chi connectivity index (χ1v) is 12.3. The molecule has 13 heteroatoms. The van der Waals surface area contributed by atoms with Crippen molar-refractivity contribution in [3.05, 3.63) is 64.0 Å². The zero-order valence-corrected chi connectivity index (χ0v) is 19.7. The molecule has 0 saturated carbocycles. The van der Waals surface area contributed by atoms with Gasteiger partial charge in [-0.2, -0.15) is 0 Å². The number of anilines is 2. The van der Waals surface area contributed by atoms with E-state index in [1.807, 2.05) is 0 Å². The minimum absolute atomic E-state index is 0.0224. The SMILES string of the molecule is CCCS(=O)(=O)Nc1cccc(NC(=O)c2ccc(Sc3nncn3C)c([N+](=O)[O-])c2)c1C. The second kappa shape index (κ2) is 10.0. The average molecular weight is 491 g/mol. The number of aryl methyl sites for hydroxylation is 1. The maximum atomic E-state index is 12.8. The van der Waals surface area contributed by atoms with Gasteiger partial charge in [0.05, 0.1) is 21.3 Å². The van der Waals surface area contributed by atoms with Crippen molar-refractivity contribution >= 4 is 44.8 Å². The Morgan fingerprint density at radius 3 is 2.61 bits per heavy atom. The fourth-order valence-corrected chi connectivity index (χ4v) is 4.96. The number of nitrogens with one attached hydrogen (secondary N) is 2. The van der Waals surface area contributed by atoms with Crippen LogP contribution < -0.4 is 10.0 Å². The first-order chi connectivity index (χ1) is 15.6. The molecule has 174 valence electrons. The lowest BCUT2D eigenvalue weighted by Gasteiger charge is -2.14. The van der Waals surface area contributed by atoms with E-state index in [1.165, 1.54) is 24.5 Å². The molecule has 3 rings (SSSR count). The number of nitro groups is 1. The van der Waals surface area contributed by atoms with Crippen LogP contribution in [0.3, 0.4) is 0 Å². The molecule has 1 heterocycles. The monoisotopic (exact) mass is 490 g/mol. The molecule has 1 amide bonds. The lowest BCUT2D eigenvalue weighted by atomic mass is 10.1. The lowest BCUT2D eigenvalue weighted by molar-refractivity contribution is -0.387. The Hall–Kier alpha value is -3.45. The molecule has 2 aromatic carbocycles. The smallest absolute Gasteiger partial charge is 0.284 e. The van der Waals surface area contributed by atoms with Gasteiger partial charge in [0.15, 0.2) is 5.16 Å². The van der Waals surface area contributed by atoms with Crippen molar-refractivity contribution in [2.24, 2.45) is 7.05 Å². The van der Waals surface area contributed by atoms with Gasteiger partial charge in [0.1, 0.15) is 6.33 Å². The van der Waals surface area contributed by atoms with Crippen LogP contribution in [0.25, 0.3) is 0 Å². The Labute approximate surface area is 194 Å². The Morgan fingerprint density at radius 1 is 1.24 bits per heavy atom. The Kier molecular flexibility index (Phi) is 7.33. The summed E-state index contributed by atoms with van der Waals surface area (Å²) in [4.78, 5) is 24.2. The quantitative estimate of drug-likeness (QED) is 0.341. The van der Waals surface area contributed by atoms with E-state index in [9.17, 15) is 23.3 Å². The van der Waals surface area contributed by atoms with E-state index in [4.69, 9.17) is 0 Å². The molecule has 33 heavy (non-hydrogen) atoms.